The van der Waals surface area contributed by atoms with E-state index < -0.39 is 23.5 Å². The van der Waals surface area contributed by atoms with Gasteiger partial charge in [0.1, 0.15) is 17.4 Å². The van der Waals surface area contributed by atoms with E-state index in [9.17, 15) is 23.1 Å². The van der Waals surface area contributed by atoms with Gasteiger partial charge in [0.05, 0.1) is 17.4 Å². The Balaban J connectivity index is 1.82. The summed E-state index contributed by atoms with van der Waals surface area (Å²) in [5, 5.41) is 9.89. The predicted molar refractivity (Wildman–Crippen MR) is 88.7 cm³/mol. The second kappa shape index (κ2) is 7.14. The third-order valence-electron chi connectivity index (χ3n) is 3.53. The number of phenols is 1. The first-order valence-electron chi connectivity index (χ1n) is 7.40. The highest BCUT2D eigenvalue weighted by Gasteiger charge is 2.14. The number of carbonyl (C=O) groups excluding carboxylic acids is 1. The van der Waals surface area contributed by atoms with Gasteiger partial charge in [-0.15, -0.1) is 0 Å². The maximum absolute atomic E-state index is 13.9. The van der Waals surface area contributed by atoms with Crippen molar-refractivity contribution < 1.29 is 23.1 Å². The normalized spacial score (nSPS) is 10.4. The summed E-state index contributed by atoms with van der Waals surface area (Å²) in [6, 6.07) is 9.41. The summed E-state index contributed by atoms with van der Waals surface area (Å²) in [5.41, 5.74) is 5.38. The summed E-state index contributed by atoms with van der Waals surface area (Å²) in [5.74, 6) is -3.23. The van der Waals surface area contributed by atoms with Crippen molar-refractivity contribution in [3.8, 4) is 16.9 Å². The van der Waals surface area contributed by atoms with E-state index in [4.69, 9.17) is 0 Å². The summed E-state index contributed by atoms with van der Waals surface area (Å²) in [6.07, 6.45) is 1.17. The molecule has 3 N–H and O–H groups in total. The van der Waals surface area contributed by atoms with Gasteiger partial charge in [0.15, 0.2) is 0 Å². The van der Waals surface area contributed by atoms with Crippen LogP contribution in [0.1, 0.15) is 10.4 Å². The maximum Gasteiger partial charge on any atom is 0.273 e. The van der Waals surface area contributed by atoms with Crippen LogP contribution in [0.2, 0.25) is 0 Å². The number of phenolic OH excluding ortho intramolecular Hbond substituents is 1. The highest BCUT2D eigenvalue weighted by atomic mass is 19.1. The van der Waals surface area contributed by atoms with Gasteiger partial charge in [0.2, 0.25) is 5.95 Å². The summed E-state index contributed by atoms with van der Waals surface area (Å²) < 4.78 is 39.7. The van der Waals surface area contributed by atoms with Crippen molar-refractivity contribution in [2.75, 3.05) is 5.43 Å². The summed E-state index contributed by atoms with van der Waals surface area (Å²) in [6.45, 7) is 0. The average Bonchev–Trinajstić information content (AvgIpc) is 2.62. The quantitative estimate of drug-likeness (QED) is 0.491. The van der Waals surface area contributed by atoms with Crippen molar-refractivity contribution in [3.63, 3.8) is 0 Å². The highest BCUT2D eigenvalue weighted by Crippen LogP contribution is 2.28. The number of carbonyl (C=O) groups is 1. The lowest BCUT2D eigenvalue weighted by Crippen LogP contribution is -2.29. The number of nitrogens with zero attached hydrogens (tertiary/aromatic N) is 1. The smallest absolute Gasteiger partial charge is 0.273 e. The number of aromatic hydroxyl groups is 1. The Kier molecular flexibility index (Phi) is 4.74. The first-order valence-corrected chi connectivity index (χ1v) is 7.40. The number of hydrogen-bond acceptors (Lipinski definition) is 4. The van der Waals surface area contributed by atoms with E-state index in [1.54, 1.807) is 0 Å². The van der Waals surface area contributed by atoms with Crippen molar-refractivity contribution in [1.29, 1.82) is 0 Å². The van der Waals surface area contributed by atoms with Gasteiger partial charge in [-0.3, -0.25) is 15.6 Å². The molecule has 1 aromatic heterocycles. The largest absolute Gasteiger partial charge is 0.507 e. The SMILES string of the molecule is O=C(NNc1ccc(F)nc1)c1cc(-c2ccc(F)cc2F)ccc1O. The first kappa shape index (κ1) is 17.3. The highest BCUT2D eigenvalue weighted by molar-refractivity contribution is 5.98. The van der Waals surface area contributed by atoms with Crippen molar-refractivity contribution in [3.05, 3.63) is 77.9 Å². The molecule has 0 aliphatic heterocycles. The molecule has 0 aliphatic carbocycles. The number of pyridine rings is 1. The fourth-order valence-electron chi connectivity index (χ4n) is 2.26. The van der Waals surface area contributed by atoms with E-state index in [1.165, 1.54) is 36.5 Å². The van der Waals surface area contributed by atoms with Gasteiger partial charge in [-0.05, 0) is 42.0 Å². The number of anilines is 1. The Morgan fingerprint density at radius 3 is 2.50 bits per heavy atom. The molecule has 0 radical (unpaired) electrons. The summed E-state index contributed by atoms with van der Waals surface area (Å²) >= 11 is 0. The van der Waals surface area contributed by atoms with Gasteiger partial charge in [-0.25, -0.2) is 13.8 Å². The molecule has 132 valence electrons. The molecule has 0 atom stereocenters. The van der Waals surface area contributed by atoms with E-state index >= 15 is 0 Å². The molecule has 3 rings (SSSR count). The van der Waals surface area contributed by atoms with Gasteiger partial charge >= 0.3 is 0 Å². The minimum atomic E-state index is -0.794. The van der Waals surface area contributed by atoms with Crippen LogP contribution >= 0.6 is 0 Å². The molecule has 0 aliphatic rings. The van der Waals surface area contributed by atoms with Crippen molar-refractivity contribution in [1.82, 2.24) is 10.4 Å². The van der Waals surface area contributed by atoms with Gasteiger partial charge in [0, 0.05) is 11.6 Å². The molecule has 0 saturated carbocycles. The molecule has 0 spiro atoms. The van der Waals surface area contributed by atoms with E-state index in [0.29, 0.717) is 5.69 Å². The Bertz CT molecular complexity index is 962. The summed E-state index contributed by atoms with van der Waals surface area (Å²) in [7, 11) is 0. The second-order valence-corrected chi connectivity index (χ2v) is 5.30. The van der Waals surface area contributed by atoms with Crippen molar-refractivity contribution in [2.45, 2.75) is 0 Å². The summed E-state index contributed by atoms with van der Waals surface area (Å²) in [4.78, 5) is 15.7. The molecular formula is C18H12F3N3O2. The molecule has 0 saturated heterocycles. The standard InChI is InChI=1S/C18H12F3N3O2/c19-11-2-4-13(15(20)8-11)10-1-5-16(25)14(7-10)18(26)24-23-12-3-6-17(21)22-9-12/h1-9,23,25H,(H,24,26). The molecule has 0 bridgehead atoms. The van der Waals surface area contributed by atoms with Crippen LogP contribution in [0.15, 0.2) is 54.7 Å². The molecule has 3 aromatic rings. The van der Waals surface area contributed by atoms with E-state index in [-0.39, 0.29) is 22.4 Å². The lowest BCUT2D eigenvalue weighted by Gasteiger charge is -2.11. The average molecular weight is 359 g/mol. The Morgan fingerprint density at radius 2 is 1.81 bits per heavy atom. The van der Waals surface area contributed by atoms with Gasteiger partial charge < -0.3 is 5.11 Å². The van der Waals surface area contributed by atoms with Crippen molar-refractivity contribution in [2.24, 2.45) is 0 Å². The number of nitrogens with one attached hydrogen (secondary N) is 2. The van der Waals surface area contributed by atoms with Crippen LogP contribution in [0.25, 0.3) is 11.1 Å². The van der Waals surface area contributed by atoms with Crippen LogP contribution in [0.3, 0.4) is 0 Å². The number of rotatable bonds is 4. The lowest BCUT2D eigenvalue weighted by molar-refractivity contribution is 0.0960. The zero-order valence-electron chi connectivity index (χ0n) is 13.1. The minimum absolute atomic E-state index is 0.0798. The second-order valence-electron chi connectivity index (χ2n) is 5.30. The maximum atomic E-state index is 13.9. The zero-order chi connectivity index (χ0) is 18.7. The van der Waals surface area contributed by atoms with E-state index in [1.807, 2.05) is 0 Å². The number of amides is 1. The predicted octanol–water partition coefficient (Wildman–Crippen LogP) is 3.63. The molecule has 0 unspecified atom stereocenters. The fourth-order valence-corrected chi connectivity index (χ4v) is 2.26. The van der Waals surface area contributed by atoms with Crippen LogP contribution in [0.4, 0.5) is 18.9 Å². The molecule has 5 nitrogen and oxygen atoms in total. The Hall–Kier alpha value is -3.55. The number of halogens is 3. The Labute approximate surface area is 146 Å². The number of hydrogen-bond donors (Lipinski definition) is 3. The topological polar surface area (TPSA) is 74.2 Å². The number of hydrazine groups is 1. The lowest BCUT2D eigenvalue weighted by atomic mass is 10.0. The molecule has 2 aromatic carbocycles. The van der Waals surface area contributed by atoms with Crippen LogP contribution in [0, 0.1) is 17.6 Å². The fraction of sp³-hybridized carbons (Fsp3) is 0. The molecule has 1 amide bonds. The van der Waals surface area contributed by atoms with Gasteiger partial charge in [-0.2, -0.15) is 4.39 Å². The molecule has 26 heavy (non-hydrogen) atoms. The van der Waals surface area contributed by atoms with E-state index in [2.05, 4.69) is 15.8 Å². The van der Waals surface area contributed by atoms with Gasteiger partial charge in [0.25, 0.3) is 5.91 Å². The third-order valence-corrected chi connectivity index (χ3v) is 3.53. The van der Waals surface area contributed by atoms with Gasteiger partial charge in [-0.1, -0.05) is 6.07 Å². The number of benzene rings is 2. The van der Waals surface area contributed by atoms with Crippen LogP contribution in [-0.4, -0.2) is 16.0 Å². The molecule has 1 heterocycles. The molecule has 8 heteroatoms. The molecular weight excluding hydrogens is 347 g/mol. The first-order chi connectivity index (χ1) is 12.4. The van der Waals surface area contributed by atoms with E-state index in [0.717, 1.165) is 18.2 Å². The Morgan fingerprint density at radius 1 is 1.00 bits per heavy atom. The monoisotopic (exact) mass is 359 g/mol. The zero-order valence-corrected chi connectivity index (χ0v) is 13.1. The van der Waals surface area contributed by atoms with Crippen LogP contribution in [-0.2, 0) is 0 Å². The number of aromatic nitrogens is 1. The third kappa shape index (κ3) is 3.75. The minimum Gasteiger partial charge on any atom is -0.507 e. The van der Waals surface area contributed by atoms with Crippen molar-refractivity contribution >= 4 is 11.6 Å². The molecule has 0 fully saturated rings. The van der Waals surface area contributed by atoms with Crippen LogP contribution < -0.4 is 10.9 Å². The van der Waals surface area contributed by atoms with Crippen LogP contribution in [0.5, 0.6) is 5.75 Å².